The molecule has 0 fully saturated rings. The third kappa shape index (κ3) is 8.37. The third-order valence-corrected chi connectivity index (χ3v) is 3.81. The molecule has 0 saturated carbocycles. The van der Waals surface area contributed by atoms with Crippen molar-refractivity contribution in [1.82, 2.24) is 15.7 Å². The molecule has 114 valence electrons. The predicted octanol–water partition coefficient (Wildman–Crippen LogP) is 0.883. The number of carbonyl (C=O) groups is 1. The van der Waals surface area contributed by atoms with E-state index in [0.717, 1.165) is 6.42 Å². The van der Waals surface area contributed by atoms with E-state index in [-0.39, 0.29) is 23.3 Å². The summed E-state index contributed by atoms with van der Waals surface area (Å²) in [5, 5.41) is 8.69. The van der Waals surface area contributed by atoms with E-state index in [1.807, 2.05) is 41.7 Å². The summed E-state index contributed by atoms with van der Waals surface area (Å²) in [5.74, 6) is 0.141. The van der Waals surface area contributed by atoms with Crippen LogP contribution in [0.15, 0.2) is 0 Å². The predicted molar refractivity (Wildman–Crippen MR) is 83.1 cm³/mol. The maximum Gasteiger partial charge on any atom is 0.316 e. The van der Waals surface area contributed by atoms with Crippen LogP contribution in [0, 0.1) is 5.92 Å². The summed E-state index contributed by atoms with van der Waals surface area (Å²) in [4.78, 5) is 11.9. The molecule has 4 atom stereocenters. The SMILES string of the molecule is CNPC(C)NC(=O)NC(C)(N)C(C)CC(C)(C)N. The molecule has 0 aromatic rings. The van der Waals surface area contributed by atoms with Crippen LogP contribution in [0.25, 0.3) is 0 Å². The number of nitrogens with two attached hydrogens (primary N) is 2. The van der Waals surface area contributed by atoms with Gasteiger partial charge in [0, 0.05) is 5.54 Å². The van der Waals surface area contributed by atoms with Crippen LogP contribution >= 0.6 is 8.73 Å². The highest BCUT2D eigenvalue weighted by molar-refractivity contribution is 7.36. The quantitative estimate of drug-likeness (QED) is 0.355. The number of hydrogen-bond donors (Lipinski definition) is 5. The smallest absolute Gasteiger partial charge is 0.316 e. The molecule has 0 saturated heterocycles. The van der Waals surface area contributed by atoms with Gasteiger partial charge in [-0.3, -0.25) is 5.09 Å². The summed E-state index contributed by atoms with van der Waals surface area (Å²) in [6.07, 6.45) is 0.730. The van der Waals surface area contributed by atoms with Gasteiger partial charge in [0.2, 0.25) is 0 Å². The molecule has 0 aromatic heterocycles. The Kier molecular flexibility index (Phi) is 7.22. The van der Waals surface area contributed by atoms with Gasteiger partial charge in [-0.15, -0.1) is 0 Å². The van der Waals surface area contributed by atoms with E-state index in [1.54, 1.807) is 0 Å². The van der Waals surface area contributed by atoms with Crippen molar-refractivity contribution in [3.63, 3.8) is 0 Å². The fourth-order valence-corrected chi connectivity index (χ4v) is 2.49. The Morgan fingerprint density at radius 3 is 2.21 bits per heavy atom. The zero-order valence-corrected chi connectivity index (χ0v) is 13.9. The lowest BCUT2D eigenvalue weighted by molar-refractivity contribution is 0.193. The number of amides is 2. The average molecular weight is 291 g/mol. The first kappa shape index (κ1) is 18.6. The molecular formula is C12H30N5OP. The van der Waals surface area contributed by atoms with Crippen molar-refractivity contribution in [2.24, 2.45) is 17.4 Å². The van der Waals surface area contributed by atoms with Crippen LogP contribution in [0.2, 0.25) is 0 Å². The highest BCUT2D eigenvalue weighted by Gasteiger charge is 2.31. The number of urea groups is 1. The Hall–Kier alpha value is -0.420. The van der Waals surface area contributed by atoms with Crippen molar-refractivity contribution in [3.05, 3.63) is 0 Å². The Bertz CT molecular complexity index is 290. The third-order valence-electron chi connectivity index (χ3n) is 2.95. The van der Waals surface area contributed by atoms with Gasteiger partial charge < -0.3 is 22.1 Å². The molecule has 0 aliphatic rings. The Morgan fingerprint density at radius 1 is 1.26 bits per heavy atom. The lowest BCUT2D eigenvalue weighted by Crippen LogP contribution is -2.61. The second-order valence-electron chi connectivity index (χ2n) is 6.09. The first-order valence-electron chi connectivity index (χ1n) is 6.56. The molecule has 7 N–H and O–H groups in total. The summed E-state index contributed by atoms with van der Waals surface area (Å²) in [5.41, 5.74) is 11.1. The number of hydrogen-bond acceptors (Lipinski definition) is 4. The van der Waals surface area contributed by atoms with Gasteiger partial charge in [0.25, 0.3) is 0 Å². The largest absolute Gasteiger partial charge is 0.331 e. The van der Waals surface area contributed by atoms with E-state index in [2.05, 4.69) is 15.7 Å². The lowest BCUT2D eigenvalue weighted by Gasteiger charge is -2.36. The summed E-state index contributed by atoms with van der Waals surface area (Å²) in [6, 6.07) is -0.248. The minimum atomic E-state index is -0.788. The zero-order valence-electron chi connectivity index (χ0n) is 12.9. The van der Waals surface area contributed by atoms with Crippen LogP contribution in [0.1, 0.15) is 41.0 Å². The van der Waals surface area contributed by atoms with Gasteiger partial charge in [-0.1, -0.05) is 6.92 Å². The van der Waals surface area contributed by atoms with E-state index in [0.29, 0.717) is 8.73 Å². The second kappa shape index (κ2) is 7.39. The highest BCUT2D eigenvalue weighted by atomic mass is 31.1. The van der Waals surface area contributed by atoms with Gasteiger partial charge >= 0.3 is 6.03 Å². The van der Waals surface area contributed by atoms with Crippen molar-refractivity contribution in [3.8, 4) is 0 Å². The van der Waals surface area contributed by atoms with E-state index < -0.39 is 5.66 Å². The maximum atomic E-state index is 11.9. The minimum absolute atomic E-state index is 0.0697. The highest BCUT2D eigenvalue weighted by Crippen LogP contribution is 2.21. The molecule has 6 nitrogen and oxygen atoms in total. The first-order valence-corrected chi connectivity index (χ1v) is 7.64. The van der Waals surface area contributed by atoms with Crippen LogP contribution in [0.4, 0.5) is 4.79 Å². The van der Waals surface area contributed by atoms with Gasteiger partial charge in [-0.25, -0.2) is 4.79 Å². The van der Waals surface area contributed by atoms with Crippen molar-refractivity contribution >= 4 is 14.8 Å². The topological polar surface area (TPSA) is 105 Å². The summed E-state index contributed by atoms with van der Waals surface area (Å²) in [7, 11) is 2.32. The van der Waals surface area contributed by atoms with Gasteiger partial charge in [0.05, 0.1) is 11.4 Å². The van der Waals surface area contributed by atoms with Crippen LogP contribution < -0.4 is 27.2 Å². The Labute approximate surface area is 118 Å². The molecule has 0 bridgehead atoms. The normalized spacial score (nSPS) is 18.9. The molecule has 0 radical (unpaired) electrons. The van der Waals surface area contributed by atoms with Crippen molar-refractivity contribution in [1.29, 1.82) is 0 Å². The van der Waals surface area contributed by atoms with E-state index in [1.165, 1.54) is 0 Å². The molecule has 0 rings (SSSR count). The maximum absolute atomic E-state index is 11.9. The van der Waals surface area contributed by atoms with Gasteiger partial charge in [-0.2, -0.15) is 0 Å². The summed E-state index contributed by atoms with van der Waals surface area (Å²) >= 11 is 0. The summed E-state index contributed by atoms with van der Waals surface area (Å²) in [6.45, 7) is 9.65. The molecular weight excluding hydrogens is 261 g/mol. The minimum Gasteiger partial charge on any atom is -0.331 e. The van der Waals surface area contributed by atoms with E-state index >= 15 is 0 Å². The molecule has 0 heterocycles. The van der Waals surface area contributed by atoms with Crippen LogP contribution in [-0.2, 0) is 0 Å². The molecule has 2 amide bonds. The molecule has 19 heavy (non-hydrogen) atoms. The van der Waals surface area contributed by atoms with Crippen molar-refractivity contribution < 1.29 is 4.79 Å². The average Bonchev–Trinajstić information content (AvgIpc) is 2.13. The molecule has 0 aliphatic carbocycles. The lowest BCUT2D eigenvalue weighted by atomic mass is 9.85. The Balaban J connectivity index is 4.38. The van der Waals surface area contributed by atoms with Crippen molar-refractivity contribution in [2.75, 3.05) is 7.05 Å². The number of nitrogens with one attached hydrogen (secondary N) is 3. The van der Waals surface area contributed by atoms with E-state index in [9.17, 15) is 4.79 Å². The monoisotopic (exact) mass is 291 g/mol. The molecule has 4 unspecified atom stereocenters. The van der Waals surface area contributed by atoms with Crippen LogP contribution in [0.5, 0.6) is 0 Å². The fraction of sp³-hybridized carbons (Fsp3) is 0.917. The molecule has 0 aliphatic heterocycles. The van der Waals surface area contributed by atoms with Crippen molar-refractivity contribution in [2.45, 2.75) is 58.0 Å². The second-order valence-corrected chi connectivity index (χ2v) is 7.75. The Morgan fingerprint density at radius 2 is 1.79 bits per heavy atom. The number of rotatable bonds is 7. The standard InChI is InChI=1S/C12H30N5OP/c1-8(7-11(3,4)13)12(5,14)17-10(18)16-9(2)19-15-6/h8-9,15,19H,7,13-14H2,1-6H3,(H2,16,17,18). The van der Waals surface area contributed by atoms with Crippen LogP contribution in [0.3, 0.4) is 0 Å². The van der Waals surface area contributed by atoms with Crippen LogP contribution in [-0.4, -0.2) is 30.1 Å². The summed E-state index contributed by atoms with van der Waals surface area (Å²) < 4.78 is 0. The van der Waals surface area contributed by atoms with Gasteiger partial charge in [0.15, 0.2) is 0 Å². The molecule has 0 spiro atoms. The van der Waals surface area contributed by atoms with Gasteiger partial charge in [0.1, 0.15) is 0 Å². The zero-order chi connectivity index (χ0) is 15.3. The number of carbonyl (C=O) groups excluding carboxylic acids is 1. The first-order chi connectivity index (χ1) is 8.48. The van der Waals surface area contributed by atoms with E-state index in [4.69, 9.17) is 11.5 Å². The van der Waals surface area contributed by atoms with Gasteiger partial charge in [-0.05, 0) is 55.8 Å². The fourth-order valence-electron chi connectivity index (χ4n) is 1.85. The molecule has 0 aromatic carbocycles. The molecule has 7 heteroatoms.